The molecule has 0 radical (unpaired) electrons. The van der Waals surface area contributed by atoms with Crippen LogP contribution in [0.15, 0.2) is 79.3 Å². The summed E-state index contributed by atoms with van der Waals surface area (Å²) in [7, 11) is 0. The van der Waals surface area contributed by atoms with E-state index in [4.69, 9.17) is 0 Å². The van der Waals surface area contributed by atoms with E-state index in [9.17, 15) is 19.7 Å². The van der Waals surface area contributed by atoms with Crippen molar-refractivity contribution >= 4 is 40.1 Å². The number of hydrogen-bond donors (Lipinski definition) is 3. The van der Waals surface area contributed by atoms with Crippen LogP contribution in [0.1, 0.15) is 36.0 Å². The number of imidazole rings is 1. The van der Waals surface area contributed by atoms with Gasteiger partial charge in [0, 0.05) is 60.3 Å². The zero-order valence-corrected chi connectivity index (χ0v) is 21.5. The first-order valence-electron chi connectivity index (χ1n) is 13.0. The Balaban J connectivity index is 1.39. The molecule has 0 unspecified atom stereocenters. The van der Waals surface area contributed by atoms with Gasteiger partial charge in [0.25, 0.3) is 11.6 Å². The minimum atomic E-state index is -0.474. The molecule has 0 saturated carbocycles. The lowest BCUT2D eigenvalue weighted by molar-refractivity contribution is -0.384. The van der Waals surface area contributed by atoms with Crippen LogP contribution in [-0.2, 0) is 16.1 Å². The second kappa shape index (κ2) is 10.5. The summed E-state index contributed by atoms with van der Waals surface area (Å²) in [5, 5.41) is 17.7. The molecule has 2 amide bonds. The fourth-order valence-corrected chi connectivity index (χ4v) is 5.11. The highest BCUT2D eigenvalue weighted by molar-refractivity contribution is 6.37. The number of H-pyrrole nitrogens is 1. The topological polar surface area (TPSA) is 133 Å². The molecule has 10 heteroatoms. The van der Waals surface area contributed by atoms with Crippen molar-refractivity contribution in [3.8, 4) is 11.3 Å². The number of rotatable bonds is 7. The van der Waals surface area contributed by atoms with Crippen molar-refractivity contribution < 1.29 is 14.5 Å². The number of non-ortho nitro benzene ring substituents is 1. The number of nitrogens with one attached hydrogen (secondary N) is 3. The monoisotopic (exact) mass is 534 g/mol. The average Bonchev–Trinajstić information content (AvgIpc) is 3.61. The van der Waals surface area contributed by atoms with Crippen LogP contribution in [0.25, 0.3) is 22.5 Å². The molecule has 0 aliphatic carbocycles. The molecule has 1 aromatic heterocycles. The Kier molecular flexibility index (Phi) is 6.57. The molecule has 1 fully saturated rings. The number of nitro groups is 1. The zero-order valence-electron chi connectivity index (χ0n) is 21.5. The summed E-state index contributed by atoms with van der Waals surface area (Å²) >= 11 is 0. The lowest BCUT2D eigenvalue weighted by Crippen LogP contribution is -2.34. The van der Waals surface area contributed by atoms with Crippen molar-refractivity contribution in [2.45, 2.75) is 25.8 Å². The van der Waals surface area contributed by atoms with Crippen molar-refractivity contribution in [1.29, 1.82) is 0 Å². The van der Waals surface area contributed by atoms with E-state index in [1.807, 2.05) is 59.6 Å². The van der Waals surface area contributed by atoms with E-state index < -0.39 is 4.92 Å². The molecule has 4 aromatic rings. The molecule has 2 aliphatic heterocycles. The second-order valence-electron chi connectivity index (χ2n) is 9.82. The summed E-state index contributed by atoms with van der Waals surface area (Å²) in [6.45, 7) is 1.28. The standard InChI is InChI=1S/C30H26N6O4/c37-27-3-1-2-14-35(27)17-19-4-6-21(7-5-19)29(33-22-10-8-20(9-11-22)26-16-31-18-32-26)28-24-15-23(36(39)40)12-13-25(24)34-30(28)38/h4-13,15-16,18,33H,1-3,14,17H2,(H,31,32)(H,34,38)/b29-28-. The van der Waals surface area contributed by atoms with Gasteiger partial charge in [-0.2, -0.15) is 0 Å². The third-order valence-electron chi connectivity index (χ3n) is 7.19. The molecular weight excluding hydrogens is 508 g/mol. The zero-order chi connectivity index (χ0) is 27.6. The van der Waals surface area contributed by atoms with Crippen molar-refractivity contribution in [1.82, 2.24) is 14.9 Å². The van der Waals surface area contributed by atoms with Gasteiger partial charge in [0.15, 0.2) is 0 Å². The summed E-state index contributed by atoms with van der Waals surface area (Å²) in [6, 6.07) is 19.7. The van der Waals surface area contributed by atoms with Gasteiger partial charge < -0.3 is 20.5 Å². The summed E-state index contributed by atoms with van der Waals surface area (Å²) < 4.78 is 0. The maximum Gasteiger partial charge on any atom is 0.270 e. The molecule has 40 heavy (non-hydrogen) atoms. The van der Waals surface area contributed by atoms with Crippen LogP contribution >= 0.6 is 0 Å². The van der Waals surface area contributed by atoms with Crippen LogP contribution in [0.2, 0.25) is 0 Å². The second-order valence-corrected chi connectivity index (χ2v) is 9.82. The highest BCUT2D eigenvalue weighted by atomic mass is 16.6. The van der Waals surface area contributed by atoms with E-state index in [1.54, 1.807) is 12.4 Å². The number of aromatic nitrogens is 2. The molecule has 0 spiro atoms. The van der Waals surface area contributed by atoms with Crippen molar-refractivity contribution in [3.05, 3.63) is 106 Å². The predicted octanol–water partition coefficient (Wildman–Crippen LogP) is 5.43. The number of piperidine rings is 1. The number of aromatic amines is 1. The third-order valence-corrected chi connectivity index (χ3v) is 7.19. The molecule has 2 aliphatic rings. The number of fused-ring (bicyclic) bond motifs is 1. The first kappa shape index (κ1) is 25.1. The van der Waals surface area contributed by atoms with Gasteiger partial charge in [-0.05, 0) is 42.2 Å². The molecule has 10 nitrogen and oxygen atoms in total. The summed E-state index contributed by atoms with van der Waals surface area (Å²) in [6.07, 6.45) is 5.94. The molecule has 3 N–H and O–H groups in total. The average molecular weight is 535 g/mol. The minimum Gasteiger partial charge on any atom is -0.354 e. The number of carbonyl (C=O) groups is 2. The Morgan fingerprint density at radius 2 is 1.82 bits per heavy atom. The Morgan fingerprint density at radius 1 is 1.02 bits per heavy atom. The van der Waals surface area contributed by atoms with Gasteiger partial charge in [-0.3, -0.25) is 19.7 Å². The molecule has 6 rings (SSSR count). The van der Waals surface area contributed by atoms with Crippen LogP contribution in [0.4, 0.5) is 17.1 Å². The van der Waals surface area contributed by atoms with E-state index in [0.717, 1.165) is 47.5 Å². The molecule has 3 aromatic carbocycles. The Hall–Kier alpha value is -5.25. The number of benzene rings is 3. The normalized spacial score (nSPS) is 15.9. The summed E-state index contributed by atoms with van der Waals surface area (Å²) in [4.78, 5) is 45.7. The minimum absolute atomic E-state index is 0.1000. The van der Waals surface area contributed by atoms with Gasteiger partial charge in [-0.15, -0.1) is 0 Å². The van der Waals surface area contributed by atoms with Crippen LogP contribution in [0.3, 0.4) is 0 Å². The number of nitrogens with zero attached hydrogens (tertiary/aromatic N) is 3. The molecule has 0 bridgehead atoms. The first-order valence-corrected chi connectivity index (χ1v) is 13.0. The Bertz CT molecular complexity index is 1630. The van der Waals surface area contributed by atoms with Crippen molar-refractivity contribution in [2.24, 2.45) is 0 Å². The molecule has 3 heterocycles. The third kappa shape index (κ3) is 4.94. The number of anilines is 2. The van der Waals surface area contributed by atoms with Crippen molar-refractivity contribution in [2.75, 3.05) is 17.2 Å². The molecule has 0 atom stereocenters. The lowest BCUT2D eigenvalue weighted by atomic mass is 9.98. The van der Waals surface area contributed by atoms with Crippen LogP contribution in [0.5, 0.6) is 0 Å². The number of hydrogen-bond acceptors (Lipinski definition) is 6. The Morgan fingerprint density at radius 3 is 2.52 bits per heavy atom. The van der Waals surface area contributed by atoms with Gasteiger partial charge in [0.1, 0.15) is 0 Å². The van der Waals surface area contributed by atoms with Crippen LogP contribution in [-0.4, -0.2) is 38.2 Å². The van der Waals surface area contributed by atoms with Gasteiger partial charge in [0.2, 0.25) is 5.91 Å². The maximum atomic E-state index is 13.3. The van der Waals surface area contributed by atoms with E-state index in [-0.39, 0.29) is 17.5 Å². The lowest BCUT2D eigenvalue weighted by Gasteiger charge is -2.26. The first-order chi connectivity index (χ1) is 19.5. The van der Waals surface area contributed by atoms with E-state index in [2.05, 4.69) is 20.6 Å². The number of amides is 2. The van der Waals surface area contributed by atoms with E-state index in [0.29, 0.717) is 35.5 Å². The smallest absolute Gasteiger partial charge is 0.270 e. The van der Waals surface area contributed by atoms with Gasteiger partial charge >= 0.3 is 0 Å². The van der Waals surface area contributed by atoms with E-state index in [1.165, 1.54) is 12.1 Å². The largest absolute Gasteiger partial charge is 0.354 e. The highest BCUT2D eigenvalue weighted by Crippen LogP contribution is 2.39. The fraction of sp³-hybridized carbons (Fsp3) is 0.167. The van der Waals surface area contributed by atoms with Gasteiger partial charge in [-0.25, -0.2) is 4.98 Å². The summed E-state index contributed by atoms with van der Waals surface area (Å²) in [5.74, 6) is -0.187. The quantitative estimate of drug-likeness (QED) is 0.164. The molecular formula is C30H26N6O4. The SMILES string of the molecule is O=C1Nc2ccc([N+](=O)[O-])cc2/C1=C(/Nc1ccc(-c2c[nH]cn2)cc1)c1ccc(CN2CCCCC2=O)cc1. The van der Waals surface area contributed by atoms with E-state index >= 15 is 0 Å². The fourth-order valence-electron chi connectivity index (χ4n) is 5.11. The van der Waals surface area contributed by atoms with Crippen molar-refractivity contribution in [3.63, 3.8) is 0 Å². The predicted molar refractivity (Wildman–Crippen MR) is 152 cm³/mol. The highest BCUT2D eigenvalue weighted by Gasteiger charge is 2.30. The summed E-state index contributed by atoms with van der Waals surface area (Å²) in [5.41, 5.74) is 5.89. The Labute approximate surface area is 229 Å². The maximum absolute atomic E-state index is 13.3. The number of nitro benzene ring substituents is 1. The number of carbonyl (C=O) groups excluding carboxylic acids is 2. The van der Waals surface area contributed by atoms with Crippen LogP contribution in [0, 0.1) is 10.1 Å². The van der Waals surface area contributed by atoms with Gasteiger partial charge in [0.05, 0.1) is 28.2 Å². The van der Waals surface area contributed by atoms with Crippen LogP contribution < -0.4 is 10.6 Å². The van der Waals surface area contributed by atoms with Gasteiger partial charge in [-0.1, -0.05) is 36.4 Å². The number of likely N-dealkylation sites (tertiary alicyclic amines) is 1. The molecule has 200 valence electrons. The molecule has 1 saturated heterocycles.